The Kier molecular flexibility index (Phi) is 12.4. The van der Waals surface area contributed by atoms with Crippen molar-refractivity contribution < 1.29 is 78.9 Å². The van der Waals surface area contributed by atoms with Crippen LogP contribution < -0.4 is 0 Å². The summed E-state index contributed by atoms with van der Waals surface area (Å²) in [7, 11) is 0. The standard InChI is InChI=1S/C31H48O16/c1-15(8-10-32)5-4-6-16(2)26(39)43-13-31(41)14-44-29(24(31)36)46-23-22(35)21(34)19(11-33)45-28(23)47-27-20-17(7-9-30(20,3)40)18(12-42-27)25(37)38/h6,12,15,17,19-24,27-29,32-36,40-41H,4-5,7-11,13-14H2,1-3H3,(H,37,38)/b16-6+/t15?,17?,19?,20?,21?,22?,23?,24?,27-,28?,29+,30-,31-/m0/s1. The van der Waals surface area contributed by atoms with Gasteiger partial charge in [-0.1, -0.05) is 13.0 Å². The van der Waals surface area contributed by atoms with Crippen LogP contribution in [0.3, 0.4) is 0 Å². The number of carbonyl (C=O) groups is 2. The number of allylic oxidation sites excluding steroid dienone is 1. The van der Waals surface area contributed by atoms with Gasteiger partial charge in [-0.2, -0.15) is 0 Å². The molecule has 0 bridgehead atoms. The van der Waals surface area contributed by atoms with E-state index >= 15 is 0 Å². The third-order valence-corrected chi connectivity index (χ3v) is 9.58. The maximum atomic E-state index is 12.5. The van der Waals surface area contributed by atoms with Gasteiger partial charge in [0, 0.05) is 18.1 Å². The highest BCUT2D eigenvalue weighted by molar-refractivity contribution is 5.88. The zero-order chi connectivity index (χ0) is 34.7. The summed E-state index contributed by atoms with van der Waals surface area (Å²) in [5.41, 5.74) is -3.28. The van der Waals surface area contributed by atoms with Gasteiger partial charge in [-0.3, -0.25) is 0 Å². The first-order valence-corrected chi connectivity index (χ1v) is 15.8. The number of carboxylic acid groups (broad SMARTS) is 1. The van der Waals surface area contributed by atoms with Crippen LogP contribution in [0.5, 0.6) is 0 Å². The molecule has 4 rings (SSSR count). The molecule has 1 aliphatic carbocycles. The van der Waals surface area contributed by atoms with Crippen LogP contribution in [0.4, 0.5) is 0 Å². The van der Waals surface area contributed by atoms with E-state index in [0.717, 1.165) is 12.7 Å². The van der Waals surface area contributed by atoms with Crippen molar-refractivity contribution in [2.45, 2.75) is 113 Å². The smallest absolute Gasteiger partial charge is 0.334 e. The van der Waals surface area contributed by atoms with Gasteiger partial charge >= 0.3 is 11.9 Å². The Morgan fingerprint density at radius 1 is 1.09 bits per heavy atom. The normalized spacial score (nSPS) is 41.1. The van der Waals surface area contributed by atoms with Crippen molar-refractivity contribution in [3.8, 4) is 0 Å². The Morgan fingerprint density at radius 2 is 1.81 bits per heavy atom. The highest BCUT2D eigenvalue weighted by Crippen LogP contribution is 2.49. The van der Waals surface area contributed by atoms with Gasteiger partial charge in [0.15, 0.2) is 18.2 Å². The van der Waals surface area contributed by atoms with Gasteiger partial charge in [0.25, 0.3) is 0 Å². The minimum atomic E-state index is -2.11. The first kappa shape index (κ1) is 37.6. The van der Waals surface area contributed by atoms with Gasteiger partial charge in [-0.15, -0.1) is 0 Å². The lowest BCUT2D eigenvalue weighted by Crippen LogP contribution is -2.62. The molecule has 3 heterocycles. The second-order valence-corrected chi connectivity index (χ2v) is 13.2. The van der Waals surface area contributed by atoms with E-state index in [1.54, 1.807) is 13.0 Å². The van der Waals surface area contributed by atoms with Crippen LogP contribution in [-0.4, -0.2) is 140 Å². The zero-order valence-electron chi connectivity index (χ0n) is 26.7. The number of esters is 1. The van der Waals surface area contributed by atoms with Gasteiger partial charge in [-0.05, 0) is 51.9 Å². The molecule has 16 heteroatoms. The number of hydrogen-bond acceptors (Lipinski definition) is 15. The molecule has 4 aliphatic rings. The van der Waals surface area contributed by atoms with Crippen LogP contribution in [0.25, 0.3) is 0 Å². The second kappa shape index (κ2) is 15.6. The molecular weight excluding hydrogens is 628 g/mol. The molecule has 16 nitrogen and oxygen atoms in total. The fourth-order valence-corrected chi connectivity index (χ4v) is 6.53. The predicted octanol–water partition coefficient (Wildman–Crippen LogP) is -1.33. The summed E-state index contributed by atoms with van der Waals surface area (Å²) in [6.07, 6.45) is -7.54. The van der Waals surface area contributed by atoms with Crippen LogP contribution in [0, 0.1) is 17.8 Å². The SMILES string of the molecule is C/C(=C\CCC(C)CCO)C(=O)OC[C@]1(O)CO[C@H](OC2C(O[C@@H]3OC=C(C(=O)O)C4CC[C@](C)(O)C43)OC(CO)C(O)C2O)C1O. The van der Waals surface area contributed by atoms with Crippen LogP contribution >= 0.6 is 0 Å². The molecule has 8 N–H and O–H groups in total. The van der Waals surface area contributed by atoms with E-state index in [1.807, 2.05) is 6.92 Å². The summed E-state index contributed by atoms with van der Waals surface area (Å²) in [5, 5.41) is 83.1. The van der Waals surface area contributed by atoms with Crippen LogP contribution in [0.1, 0.15) is 52.9 Å². The lowest BCUT2D eigenvalue weighted by atomic mass is 9.81. The van der Waals surface area contributed by atoms with Crippen molar-refractivity contribution in [1.82, 2.24) is 0 Å². The number of aliphatic hydroxyl groups is 7. The van der Waals surface area contributed by atoms with Crippen molar-refractivity contribution in [2.24, 2.45) is 17.8 Å². The maximum Gasteiger partial charge on any atom is 0.334 e. The lowest BCUT2D eigenvalue weighted by molar-refractivity contribution is -0.368. The third kappa shape index (κ3) is 8.33. The number of carboxylic acids is 1. The van der Waals surface area contributed by atoms with Crippen molar-refractivity contribution in [3.63, 3.8) is 0 Å². The van der Waals surface area contributed by atoms with Crippen molar-refractivity contribution >= 4 is 11.9 Å². The number of rotatable bonds is 14. The molecule has 47 heavy (non-hydrogen) atoms. The average Bonchev–Trinajstić information content (AvgIpc) is 3.50. The van der Waals surface area contributed by atoms with Gasteiger partial charge in [0.05, 0.1) is 36.6 Å². The number of fused-ring (bicyclic) bond motifs is 1. The lowest BCUT2D eigenvalue weighted by Gasteiger charge is -2.45. The molecule has 13 atom stereocenters. The highest BCUT2D eigenvalue weighted by Gasteiger charge is 2.58. The summed E-state index contributed by atoms with van der Waals surface area (Å²) in [5.74, 6) is -3.19. The zero-order valence-corrected chi connectivity index (χ0v) is 26.7. The molecule has 268 valence electrons. The molecule has 9 unspecified atom stereocenters. The van der Waals surface area contributed by atoms with Crippen molar-refractivity contribution in [2.75, 3.05) is 26.4 Å². The Hall–Kier alpha value is -2.22. The molecule has 3 fully saturated rings. The van der Waals surface area contributed by atoms with Gasteiger partial charge in [-0.25, -0.2) is 9.59 Å². The monoisotopic (exact) mass is 676 g/mol. The Labute approximate surface area is 272 Å². The van der Waals surface area contributed by atoms with E-state index in [1.165, 1.54) is 6.92 Å². The molecule has 0 aromatic heterocycles. The minimum Gasteiger partial charge on any atom is -0.478 e. The molecule has 0 radical (unpaired) electrons. The van der Waals surface area contributed by atoms with Crippen LogP contribution in [0.2, 0.25) is 0 Å². The molecule has 1 saturated carbocycles. The summed E-state index contributed by atoms with van der Waals surface area (Å²) in [6.45, 7) is 3.20. The number of aliphatic hydroxyl groups excluding tert-OH is 5. The van der Waals surface area contributed by atoms with E-state index < -0.39 is 104 Å². The van der Waals surface area contributed by atoms with Crippen molar-refractivity contribution in [3.05, 3.63) is 23.5 Å². The Bertz CT molecular complexity index is 1160. The quantitative estimate of drug-likeness (QED) is 0.0783. The number of hydrogen-bond donors (Lipinski definition) is 8. The summed E-state index contributed by atoms with van der Waals surface area (Å²) in [6, 6.07) is 0. The molecule has 2 saturated heterocycles. The third-order valence-electron chi connectivity index (χ3n) is 9.58. The first-order chi connectivity index (χ1) is 22.1. The largest absolute Gasteiger partial charge is 0.478 e. The number of aliphatic carboxylic acids is 1. The van der Waals surface area contributed by atoms with E-state index in [2.05, 4.69) is 0 Å². The molecule has 0 amide bonds. The fraction of sp³-hybridized carbons (Fsp3) is 0.806. The Morgan fingerprint density at radius 3 is 2.47 bits per heavy atom. The van der Waals surface area contributed by atoms with E-state index in [0.29, 0.717) is 24.8 Å². The number of ether oxygens (including phenoxy) is 6. The van der Waals surface area contributed by atoms with E-state index in [9.17, 15) is 45.3 Å². The van der Waals surface area contributed by atoms with E-state index in [-0.39, 0.29) is 24.5 Å². The average molecular weight is 677 g/mol. The molecule has 3 aliphatic heterocycles. The second-order valence-electron chi connectivity index (χ2n) is 13.2. The summed E-state index contributed by atoms with van der Waals surface area (Å²) >= 11 is 0. The molecule has 0 aromatic carbocycles. The van der Waals surface area contributed by atoms with Gasteiger partial charge in [0.2, 0.25) is 6.29 Å². The molecule has 0 aromatic rings. The Balaban J connectivity index is 1.43. The van der Waals surface area contributed by atoms with Gasteiger partial charge in [0.1, 0.15) is 37.1 Å². The minimum absolute atomic E-state index is 0.0468. The molecule has 0 spiro atoms. The first-order valence-electron chi connectivity index (χ1n) is 15.8. The number of carbonyl (C=O) groups excluding carboxylic acids is 1. The summed E-state index contributed by atoms with van der Waals surface area (Å²) < 4.78 is 33.8. The van der Waals surface area contributed by atoms with Crippen LogP contribution in [0.15, 0.2) is 23.5 Å². The molecular formula is C31H48O16. The predicted molar refractivity (Wildman–Crippen MR) is 157 cm³/mol. The van der Waals surface area contributed by atoms with Gasteiger partial charge < -0.3 is 69.3 Å². The summed E-state index contributed by atoms with van der Waals surface area (Å²) in [4.78, 5) is 24.3. The highest BCUT2D eigenvalue weighted by atomic mass is 16.8. The van der Waals surface area contributed by atoms with Crippen LogP contribution in [-0.2, 0) is 38.0 Å². The fourth-order valence-electron chi connectivity index (χ4n) is 6.53. The van der Waals surface area contributed by atoms with E-state index in [4.69, 9.17) is 33.5 Å². The maximum absolute atomic E-state index is 12.5. The van der Waals surface area contributed by atoms with Crippen molar-refractivity contribution in [1.29, 1.82) is 0 Å². The topological polar surface area (TPSA) is 251 Å².